The second-order valence-corrected chi connectivity index (χ2v) is 3.03. The third kappa shape index (κ3) is 3.28. The molecule has 0 fully saturated rings. The largest absolute Gasteiger partial charge is 0.472 e. The van der Waals surface area contributed by atoms with Crippen molar-refractivity contribution in [2.75, 3.05) is 0 Å². The molecule has 0 aliphatic heterocycles. The Hall–Kier alpha value is -2.08. The molecule has 15 heavy (non-hydrogen) atoms. The Morgan fingerprint density at radius 1 is 1.27 bits per heavy atom. The lowest BCUT2D eigenvalue weighted by atomic mass is 10.00. The Balaban J connectivity index is 2.80. The number of hydrogen-bond donors (Lipinski definition) is 1. The van der Waals surface area contributed by atoms with Crippen LogP contribution in [0, 0.1) is 17.8 Å². The van der Waals surface area contributed by atoms with Crippen LogP contribution in [0.1, 0.15) is 17.3 Å². The Morgan fingerprint density at radius 2 is 1.87 bits per heavy atom. The van der Waals surface area contributed by atoms with Crippen LogP contribution in [-0.4, -0.2) is 16.9 Å². The number of aliphatic carboxylic acids is 1. The van der Waals surface area contributed by atoms with Crippen LogP contribution in [0.5, 0.6) is 0 Å². The number of carboxylic acids is 1. The molecule has 0 amide bonds. The first-order chi connectivity index (χ1) is 7.11. The molecular weight excluding hydrogens is 192 g/mol. The molecule has 0 saturated heterocycles. The lowest BCUT2D eigenvalue weighted by Gasteiger charge is -2.01. The Kier molecular flexibility index (Phi) is 3.64. The van der Waals surface area contributed by atoms with Crippen LogP contribution in [0.15, 0.2) is 30.3 Å². The van der Waals surface area contributed by atoms with Gasteiger partial charge >= 0.3 is 5.97 Å². The van der Waals surface area contributed by atoms with Crippen molar-refractivity contribution in [1.82, 2.24) is 0 Å². The smallest absolute Gasteiger partial charge is 0.381 e. The van der Waals surface area contributed by atoms with Crippen molar-refractivity contribution in [1.29, 1.82) is 0 Å². The van der Waals surface area contributed by atoms with Gasteiger partial charge in [0.15, 0.2) is 5.78 Å². The van der Waals surface area contributed by atoms with Crippen molar-refractivity contribution in [3.63, 3.8) is 0 Å². The van der Waals surface area contributed by atoms with Gasteiger partial charge in [-0.2, -0.15) is 0 Å². The van der Waals surface area contributed by atoms with E-state index in [1.165, 1.54) is 0 Å². The van der Waals surface area contributed by atoms with Gasteiger partial charge in [-0.3, -0.25) is 4.79 Å². The van der Waals surface area contributed by atoms with E-state index in [4.69, 9.17) is 5.11 Å². The SMILES string of the molecule is CC(C#CC(=O)O)C(=O)c1ccccc1. The van der Waals surface area contributed by atoms with E-state index >= 15 is 0 Å². The number of benzene rings is 1. The molecule has 0 saturated carbocycles. The molecule has 0 aromatic heterocycles. The maximum Gasteiger partial charge on any atom is 0.381 e. The van der Waals surface area contributed by atoms with Crippen LogP contribution < -0.4 is 0 Å². The van der Waals surface area contributed by atoms with Crippen LogP contribution in [-0.2, 0) is 4.79 Å². The van der Waals surface area contributed by atoms with Gasteiger partial charge in [-0.05, 0) is 6.92 Å². The monoisotopic (exact) mass is 202 g/mol. The number of carbonyl (C=O) groups excluding carboxylic acids is 1. The van der Waals surface area contributed by atoms with Crippen molar-refractivity contribution in [3.8, 4) is 11.8 Å². The molecule has 1 atom stereocenters. The Morgan fingerprint density at radius 3 is 2.40 bits per heavy atom. The van der Waals surface area contributed by atoms with Crippen molar-refractivity contribution >= 4 is 11.8 Å². The second-order valence-electron chi connectivity index (χ2n) is 3.03. The summed E-state index contributed by atoms with van der Waals surface area (Å²) in [5.74, 6) is 2.35. The topological polar surface area (TPSA) is 54.4 Å². The molecular formula is C12H10O3. The molecule has 0 aliphatic carbocycles. The van der Waals surface area contributed by atoms with Gasteiger partial charge in [0, 0.05) is 11.5 Å². The van der Waals surface area contributed by atoms with Crippen molar-refractivity contribution in [3.05, 3.63) is 35.9 Å². The van der Waals surface area contributed by atoms with E-state index in [0.29, 0.717) is 5.56 Å². The Bertz CT molecular complexity index is 423. The molecule has 1 unspecified atom stereocenters. The molecule has 1 N–H and O–H groups in total. The molecule has 0 aliphatic rings. The molecule has 0 spiro atoms. The third-order valence-electron chi connectivity index (χ3n) is 1.85. The molecule has 0 radical (unpaired) electrons. The van der Waals surface area contributed by atoms with E-state index in [2.05, 4.69) is 5.92 Å². The van der Waals surface area contributed by atoms with Crippen LogP contribution in [0.4, 0.5) is 0 Å². The second kappa shape index (κ2) is 4.97. The average Bonchev–Trinajstić information content (AvgIpc) is 2.26. The summed E-state index contributed by atoms with van der Waals surface area (Å²) in [5, 5.41) is 8.33. The van der Waals surface area contributed by atoms with Gasteiger partial charge in [-0.1, -0.05) is 36.3 Å². The minimum Gasteiger partial charge on any atom is -0.472 e. The summed E-state index contributed by atoms with van der Waals surface area (Å²) in [4.78, 5) is 21.8. The van der Waals surface area contributed by atoms with E-state index < -0.39 is 11.9 Å². The minimum atomic E-state index is -1.22. The van der Waals surface area contributed by atoms with Gasteiger partial charge in [-0.15, -0.1) is 0 Å². The molecule has 1 aromatic carbocycles. The maximum atomic E-state index is 11.7. The lowest BCUT2D eigenvalue weighted by Crippen LogP contribution is -2.09. The molecule has 0 bridgehead atoms. The predicted molar refractivity (Wildman–Crippen MR) is 55.3 cm³/mol. The van der Waals surface area contributed by atoms with Crippen molar-refractivity contribution in [2.45, 2.75) is 6.92 Å². The first kappa shape index (κ1) is 11.0. The number of carboxylic acid groups (broad SMARTS) is 1. The normalized spacial score (nSPS) is 11.0. The van der Waals surface area contributed by atoms with Gasteiger partial charge in [0.25, 0.3) is 0 Å². The highest BCUT2D eigenvalue weighted by atomic mass is 16.4. The summed E-state index contributed by atoms with van der Waals surface area (Å²) in [6.07, 6.45) is 0. The summed E-state index contributed by atoms with van der Waals surface area (Å²) in [6, 6.07) is 8.68. The fourth-order valence-electron chi connectivity index (χ4n) is 1.09. The van der Waals surface area contributed by atoms with Gasteiger partial charge in [0.1, 0.15) is 0 Å². The first-order valence-corrected chi connectivity index (χ1v) is 4.45. The average molecular weight is 202 g/mol. The number of carbonyl (C=O) groups is 2. The highest BCUT2D eigenvalue weighted by Crippen LogP contribution is 2.07. The van der Waals surface area contributed by atoms with Crippen LogP contribution >= 0.6 is 0 Å². The van der Waals surface area contributed by atoms with Gasteiger partial charge in [0.2, 0.25) is 0 Å². The van der Waals surface area contributed by atoms with E-state index in [9.17, 15) is 9.59 Å². The zero-order chi connectivity index (χ0) is 11.3. The van der Waals surface area contributed by atoms with E-state index in [1.54, 1.807) is 31.2 Å². The summed E-state index contributed by atoms with van der Waals surface area (Å²) in [6.45, 7) is 1.59. The molecule has 3 nitrogen and oxygen atoms in total. The highest BCUT2D eigenvalue weighted by Gasteiger charge is 2.11. The standard InChI is InChI=1S/C12H10O3/c1-9(7-8-11(13)14)12(15)10-5-3-2-4-6-10/h2-6,9H,1H3,(H,13,14). The summed E-state index contributed by atoms with van der Waals surface area (Å²) >= 11 is 0. The van der Waals surface area contributed by atoms with E-state index in [1.807, 2.05) is 12.0 Å². The minimum absolute atomic E-state index is 0.163. The van der Waals surface area contributed by atoms with Crippen LogP contribution in [0.3, 0.4) is 0 Å². The molecule has 1 rings (SSSR count). The fraction of sp³-hybridized carbons (Fsp3) is 0.167. The molecule has 0 heterocycles. The van der Waals surface area contributed by atoms with Crippen LogP contribution in [0.2, 0.25) is 0 Å². The van der Waals surface area contributed by atoms with Crippen molar-refractivity contribution in [2.24, 2.45) is 5.92 Å². The van der Waals surface area contributed by atoms with E-state index in [0.717, 1.165) is 0 Å². The zero-order valence-corrected chi connectivity index (χ0v) is 8.23. The van der Waals surface area contributed by atoms with Crippen molar-refractivity contribution < 1.29 is 14.7 Å². The summed E-state index contributed by atoms with van der Waals surface area (Å²) < 4.78 is 0. The first-order valence-electron chi connectivity index (χ1n) is 4.45. The maximum absolute atomic E-state index is 11.7. The van der Waals surface area contributed by atoms with Gasteiger partial charge in [-0.25, -0.2) is 4.79 Å². The quantitative estimate of drug-likeness (QED) is 0.585. The molecule has 76 valence electrons. The number of ketones is 1. The van der Waals surface area contributed by atoms with Crippen LogP contribution in [0.25, 0.3) is 0 Å². The Labute approximate surface area is 87.7 Å². The zero-order valence-electron chi connectivity index (χ0n) is 8.23. The fourth-order valence-corrected chi connectivity index (χ4v) is 1.09. The molecule has 1 aromatic rings. The summed E-state index contributed by atoms with van der Waals surface area (Å²) in [7, 11) is 0. The highest BCUT2D eigenvalue weighted by molar-refractivity contribution is 6.00. The van der Waals surface area contributed by atoms with E-state index in [-0.39, 0.29) is 5.78 Å². The summed E-state index contributed by atoms with van der Waals surface area (Å²) in [5.41, 5.74) is 0.546. The number of rotatable bonds is 2. The van der Waals surface area contributed by atoms with Gasteiger partial charge < -0.3 is 5.11 Å². The molecule has 3 heteroatoms. The van der Waals surface area contributed by atoms with Gasteiger partial charge in [0.05, 0.1) is 5.92 Å². The third-order valence-corrected chi connectivity index (χ3v) is 1.85. The lowest BCUT2D eigenvalue weighted by molar-refractivity contribution is -0.130. The number of hydrogen-bond acceptors (Lipinski definition) is 2. The predicted octanol–water partition coefficient (Wildman–Crippen LogP) is 1.59. The number of Topliss-reactive ketones (excluding diaryl/α,β-unsaturated/α-hetero) is 1.